The van der Waals surface area contributed by atoms with Crippen LogP contribution in [0.4, 0.5) is 0 Å². The average Bonchev–Trinajstić information content (AvgIpc) is 2.86. The maximum Gasteiger partial charge on any atom is 0.254 e. The number of rotatable bonds is 4. The van der Waals surface area contributed by atoms with Crippen molar-refractivity contribution in [3.63, 3.8) is 0 Å². The van der Waals surface area contributed by atoms with Gasteiger partial charge in [-0.3, -0.25) is 4.79 Å². The zero-order valence-electron chi connectivity index (χ0n) is 10.3. The molecule has 0 saturated heterocycles. The lowest BCUT2D eigenvalue weighted by Gasteiger charge is -2.17. The van der Waals surface area contributed by atoms with Crippen molar-refractivity contribution < 1.29 is 9.90 Å². The maximum atomic E-state index is 12.0. The molecule has 2 atom stereocenters. The summed E-state index contributed by atoms with van der Waals surface area (Å²) < 4.78 is 0. The van der Waals surface area contributed by atoms with Gasteiger partial charge in [0.15, 0.2) is 10.3 Å². The summed E-state index contributed by atoms with van der Waals surface area (Å²) in [4.78, 5) is 12.0. The number of hydrogen-bond donors (Lipinski definition) is 2. The highest BCUT2D eigenvalue weighted by Crippen LogP contribution is 2.30. The normalized spacial score (nSPS) is 22.5. The van der Waals surface area contributed by atoms with E-state index in [0.717, 1.165) is 19.3 Å². The van der Waals surface area contributed by atoms with Crippen molar-refractivity contribution in [2.75, 3.05) is 13.2 Å². The van der Waals surface area contributed by atoms with Gasteiger partial charge in [-0.1, -0.05) is 29.6 Å². The molecule has 1 fully saturated rings. The molecule has 2 rings (SSSR count). The standard InChI is InChI=1S/C12H15Cl2N3O2/c13-10-4-9(11(14)17-16-10)12(19)15-5-7-2-1-3-8(7)6-18/h4,7-8,18H,1-3,5-6H2,(H,15,19). The Bertz CT molecular complexity index is 470. The van der Waals surface area contributed by atoms with Gasteiger partial charge in [-0.15, -0.1) is 10.2 Å². The third kappa shape index (κ3) is 3.55. The Morgan fingerprint density at radius 1 is 1.37 bits per heavy atom. The Morgan fingerprint density at radius 2 is 2.11 bits per heavy atom. The monoisotopic (exact) mass is 303 g/mol. The van der Waals surface area contributed by atoms with E-state index in [-0.39, 0.29) is 34.3 Å². The SMILES string of the molecule is O=C(NCC1CCCC1CO)c1cc(Cl)nnc1Cl. The van der Waals surface area contributed by atoms with Crippen molar-refractivity contribution in [1.29, 1.82) is 0 Å². The maximum absolute atomic E-state index is 12.0. The van der Waals surface area contributed by atoms with Crippen molar-refractivity contribution in [1.82, 2.24) is 15.5 Å². The van der Waals surface area contributed by atoms with Crippen LogP contribution in [-0.4, -0.2) is 34.4 Å². The Morgan fingerprint density at radius 3 is 2.84 bits per heavy atom. The second-order valence-corrected chi connectivity index (χ2v) is 5.46. The van der Waals surface area contributed by atoms with Crippen LogP contribution in [0.25, 0.3) is 0 Å². The number of hydrogen-bond acceptors (Lipinski definition) is 4. The smallest absolute Gasteiger partial charge is 0.254 e. The number of aliphatic hydroxyl groups is 1. The Kier molecular flexibility index (Phi) is 4.96. The van der Waals surface area contributed by atoms with Gasteiger partial charge in [0.25, 0.3) is 5.91 Å². The van der Waals surface area contributed by atoms with E-state index >= 15 is 0 Å². The Labute approximate surface area is 121 Å². The summed E-state index contributed by atoms with van der Waals surface area (Å²) in [6.07, 6.45) is 3.13. The summed E-state index contributed by atoms with van der Waals surface area (Å²) in [7, 11) is 0. The summed E-state index contributed by atoms with van der Waals surface area (Å²) in [6.45, 7) is 0.699. The fraction of sp³-hybridized carbons (Fsp3) is 0.583. The van der Waals surface area contributed by atoms with E-state index in [1.54, 1.807) is 0 Å². The molecule has 5 nitrogen and oxygen atoms in total. The predicted molar refractivity (Wildman–Crippen MR) is 72.3 cm³/mol. The molecule has 1 aliphatic rings. The molecule has 104 valence electrons. The summed E-state index contributed by atoms with van der Waals surface area (Å²) in [5.74, 6) is 0.276. The minimum atomic E-state index is -0.314. The number of aromatic nitrogens is 2. The number of amides is 1. The molecule has 7 heteroatoms. The molecule has 1 aliphatic carbocycles. The molecule has 1 saturated carbocycles. The molecule has 2 unspecified atom stereocenters. The van der Waals surface area contributed by atoms with Crippen LogP contribution in [0.1, 0.15) is 29.6 Å². The lowest BCUT2D eigenvalue weighted by molar-refractivity contribution is 0.0937. The highest BCUT2D eigenvalue weighted by atomic mass is 35.5. The van der Waals surface area contributed by atoms with E-state index in [0.29, 0.717) is 12.5 Å². The molecule has 1 heterocycles. The van der Waals surface area contributed by atoms with Gasteiger partial charge in [-0.2, -0.15) is 0 Å². The van der Waals surface area contributed by atoms with Gasteiger partial charge in [-0.05, 0) is 30.7 Å². The first kappa shape index (κ1) is 14.5. The van der Waals surface area contributed by atoms with Crippen molar-refractivity contribution in [2.45, 2.75) is 19.3 Å². The third-order valence-electron chi connectivity index (χ3n) is 3.54. The fourth-order valence-corrected chi connectivity index (χ4v) is 2.78. The van der Waals surface area contributed by atoms with Gasteiger partial charge in [-0.25, -0.2) is 0 Å². The quantitative estimate of drug-likeness (QED) is 0.891. The predicted octanol–water partition coefficient (Wildman–Crippen LogP) is 1.92. The minimum absolute atomic E-state index is 0.0343. The van der Waals surface area contributed by atoms with Crippen LogP contribution in [0, 0.1) is 11.8 Å². The largest absolute Gasteiger partial charge is 0.396 e. The van der Waals surface area contributed by atoms with Crippen molar-refractivity contribution >= 4 is 29.1 Å². The summed E-state index contributed by atoms with van der Waals surface area (Å²) in [6, 6.07) is 1.39. The molecule has 0 bridgehead atoms. The van der Waals surface area contributed by atoms with E-state index < -0.39 is 0 Å². The lowest BCUT2D eigenvalue weighted by atomic mass is 9.97. The number of aliphatic hydroxyl groups excluding tert-OH is 1. The summed E-state index contributed by atoms with van der Waals surface area (Å²) >= 11 is 11.5. The van der Waals surface area contributed by atoms with E-state index in [4.69, 9.17) is 23.2 Å². The van der Waals surface area contributed by atoms with Crippen LogP contribution < -0.4 is 5.32 Å². The van der Waals surface area contributed by atoms with E-state index in [1.165, 1.54) is 6.07 Å². The molecular weight excluding hydrogens is 289 g/mol. The number of halogens is 2. The Balaban J connectivity index is 1.96. The van der Waals surface area contributed by atoms with Gasteiger partial charge >= 0.3 is 0 Å². The molecule has 0 aliphatic heterocycles. The van der Waals surface area contributed by atoms with Gasteiger partial charge < -0.3 is 10.4 Å². The van der Waals surface area contributed by atoms with E-state index in [2.05, 4.69) is 15.5 Å². The van der Waals surface area contributed by atoms with Crippen molar-refractivity contribution in [3.05, 3.63) is 21.9 Å². The van der Waals surface area contributed by atoms with Crippen LogP contribution >= 0.6 is 23.2 Å². The Hall–Kier alpha value is -0.910. The van der Waals surface area contributed by atoms with Crippen LogP contribution in [0.2, 0.25) is 10.3 Å². The number of nitrogens with zero attached hydrogens (tertiary/aromatic N) is 2. The highest BCUT2D eigenvalue weighted by Gasteiger charge is 2.27. The van der Waals surface area contributed by atoms with Gasteiger partial charge in [0.2, 0.25) is 0 Å². The second kappa shape index (κ2) is 6.50. The molecule has 0 radical (unpaired) electrons. The number of carbonyl (C=O) groups excluding carboxylic acids is 1. The van der Waals surface area contributed by atoms with Crippen LogP contribution in [0.5, 0.6) is 0 Å². The van der Waals surface area contributed by atoms with Crippen LogP contribution in [-0.2, 0) is 0 Å². The number of carbonyl (C=O) groups is 1. The highest BCUT2D eigenvalue weighted by molar-refractivity contribution is 6.34. The first-order valence-corrected chi connectivity index (χ1v) is 6.95. The molecule has 0 aromatic carbocycles. The summed E-state index contributed by atoms with van der Waals surface area (Å²) in [5, 5.41) is 19.4. The molecule has 1 aromatic rings. The van der Waals surface area contributed by atoms with Crippen molar-refractivity contribution in [3.8, 4) is 0 Å². The van der Waals surface area contributed by atoms with E-state index in [1.807, 2.05) is 0 Å². The average molecular weight is 304 g/mol. The topological polar surface area (TPSA) is 75.1 Å². The zero-order valence-corrected chi connectivity index (χ0v) is 11.8. The molecule has 19 heavy (non-hydrogen) atoms. The molecule has 2 N–H and O–H groups in total. The first-order valence-electron chi connectivity index (χ1n) is 6.19. The molecule has 1 aromatic heterocycles. The number of nitrogens with one attached hydrogen (secondary N) is 1. The molecule has 0 spiro atoms. The molecule has 1 amide bonds. The minimum Gasteiger partial charge on any atom is -0.396 e. The van der Waals surface area contributed by atoms with E-state index in [9.17, 15) is 9.90 Å². The van der Waals surface area contributed by atoms with Gasteiger partial charge in [0, 0.05) is 13.2 Å². The zero-order chi connectivity index (χ0) is 13.8. The van der Waals surface area contributed by atoms with Crippen molar-refractivity contribution in [2.24, 2.45) is 11.8 Å². The lowest BCUT2D eigenvalue weighted by Crippen LogP contribution is -2.32. The van der Waals surface area contributed by atoms with Gasteiger partial charge in [0.1, 0.15) is 0 Å². The first-order chi connectivity index (χ1) is 9.11. The second-order valence-electron chi connectivity index (χ2n) is 4.72. The molecular formula is C12H15Cl2N3O2. The fourth-order valence-electron chi connectivity index (χ4n) is 2.45. The van der Waals surface area contributed by atoms with Gasteiger partial charge in [0.05, 0.1) is 5.56 Å². The van der Waals surface area contributed by atoms with Crippen LogP contribution in [0.15, 0.2) is 6.07 Å². The van der Waals surface area contributed by atoms with Crippen LogP contribution in [0.3, 0.4) is 0 Å². The third-order valence-corrected chi connectivity index (χ3v) is 4.00. The summed E-state index contributed by atoms with van der Waals surface area (Å²) in [5.41, 5.74) is 0.222.